The summed E-state index contributed by atoms with van der Waals surface area (Å²) in [4.78, 5) is 64.8. The summed E-state index contributed by atoms with van der Waals surface area (Å²) in [5, 5.41) is 15.8. The summed E-state index contributed by atoms with van der Waals surface area (Å²) in [6.07, 6.45) is 22.3. The summed E-state index contributed by atoms with van der Waals surface area (Å²) in [5.74, 6) is 0.613. The predicted octanol–water partition coefficient (Wildman–Crippen LogP) is 6.96. The Kier molecular flexibility index (Phi) is 15.5. The van der Waals surface area contributed by atoms with Gasteiger partial charge in [0, 0.05) is 82.4 Å². The van der Waals surface area contributed by atoms with Crippen molar-refractivity contribution < 1.29 is 19.2 Å². The first kappa shape index (κ1) is 45.7. The van der Waals surface area contributed by atoms with Crippen molar-refractivity contribution in [3.8, 4) is 6.07 Å². The van der Waals surface area contributed by atoms with Crippen LogP contribution in [-0.2, 0) is 4.79 Å². The van der Waals surface area contributed by atoms with Gasteiger partial charge in [-0.15, -0.1) is 0 Å². The number of piperidine rings is 4. The quantitative estimate of drug-likeness (QED) is 0.260. The first-order chi connectivity index (χ1) is 30.8. The van der Waals surface area contributed by atoms with Gasteiger partial charge in [0.2, 0.25) is 5.91 Å². The average Bonchev–Trinajstić information content (AvgIpc) is 3.86. The molecule has 13 nitrogen and oxygen atoms in total. The van der Waals surface area contributed by atoms with Crippen LogP contribution in [0.2, 0.25) is 0 Å². The monoisotopic (exact) mass is 868 g/mol. The molecular weight excluding hydrogens is 791 g/mol. The molecule has 0 aromatic heterocycles. The van der Waals surface area contributed by atoms with Gasteiger partial charge in [-0.2, -0.15) is 5.26 Å². The Morgan fingerprint density at radius 1 is 0.603 bits per heavy atom. The fourth-order valence-corrected chi connectivity index (χ4v) is 13.1. The zero-order valence-corrected chi connectivity index (χ0v) is 38.6. The summed E-state index contributed by atoms with van der Waals surface area (Å²) < 4.78 is 0. The molecule has 63 heavy (non-hydrogen) atoms. The summed E-state index contributed by atoms with van der Waals surface area (Å²) in [7, 11) is 0. The van der Waals surface area contributed by atoms with Crippen molar-refractivity contribution in [2.45, 2.75) is 191 Å². The fourth-order valence-electron chi connectivity index (χ4n) is 13.1. The number of carbonyl (C=O) groups is 4. The Morgan fingerprint density at radius 2 is 1.03 bits per heavy atom. The molecular formula is C50H77N9O4. The van der Waals surface area contributed by atoms with Gasteiger partial charge >= 0.3 is 12.1 Å². The molecule has 6 heterocycles. The lowest BCUT2D eigenvalue weighted by molar-refractivity contribution is -0.137. The minimum atomic E-state index is -0.0265. The molecule has 2 N–H and O–H groups in total. The van der Waals surface area contributed by atoms with Gasteiger partial charge in [0.25, 0.3) is 5.91 Å². The van der Waals surface area contributed by atoms with Crippen molar-refractivity contribution in [1.29, 1.82) is 5.26 Å². The van der Waals surface area contributed by atoms with Crippen LogP contribution in [0.15, 0.2) is 24.3 Å². The van der Waals surface area contributed by atoms with E-state index in [0.717, 1.165) is 149 Å². The molecule has 1 aromatic rings. The van der Waals surface area contributed by atoms with Crippen molar-refractivity contribution in [3.63, 3.8) is 0 Å². The van der Waals surface area contributed by atoms with Gasteiger partial charge in [0.1, 0.15) is 0 Å². The molecule has 4 atom stereocenters. The molecule has 0 bridgehead atoms. The zero-order valence-electron chi connectivity index (χ0n) is 38.6. The van der Waals surface area contributed by atoms with Gasteiger partial charge in [-0.05, 0) is 102 Å². The molecule has 2 aliphatic carbocycles. The molecule has 6 saturated heterocycles. The number of carbonyl (C=O) groups excluding carboxylic acids is 4. The van der Waals surface area contributed by atoms with Crippen LogP contribution in [0.3, 0.4) is 0 Å². The van der Waals surface area contributed by atoms with E-state index in [1.807, 2.05) is 11.0 Å². The SMILES string of the molecule is CCCC(CCC)C(=O)N1CCC(N2CCC(N3C(=O)N[C@H]4CCCC[C@@H]43)CC2)CC1.N#Cc1ccccc1C(=O)N1CCC(N2CCC(N3C(=O)N[C@H]4CCCC[C@@H]43)CC2)CC1. The second-order valence-corrected chi connectivity index (χ2v) is 20.2. The Labute approximate surface area is 377 Å². The highest BCUT2D eigenvalue weighted by Crippen LogP contribution is 2.35. The van der Waals surface area contributed by atoms with Crippen LogP contribution >= 0.6 is 0 Å². The number of nitriles is 1. The topological polar surface area (TPSA) is 136 Å². The van der Waals surface area contributed by atoms with Crippen LogP contribution in [0, 0.1) is 17.2 Å². The largest absolute Gasteiger partial charge is 0.342 e. The lowest BCUT2D eigenvalue weighted by atomic mass is 9.89. The summed E-state index contributed by atoms with van der Waals surface area (Å²) >= 11 is 0. The molecule has 6 aliphatic heterocycles. The Bertz CT molecular complexity index is 1750. The Morgan fingerprint density at radius 3 is 1.49 bits per heavy atom. The number of nitrogens with zero attached hydrogens (tertiary/aromatic N) is 7. The molecule has 9 rings (SSSR count). The molecule has 6 amide bonds. The number of urea groups is 2. The molecule has 0 unspecified atom stereocenters. The summed E-state index contributed by atoms with van der Waals surface area (Å²) in [6, 6.07) is 13.0. The third-order valence-corrected chi connectivity index (χ3v) is 16.5. The van der Waals surface area contributed by atoms with Crippen molar-refractivity contribution in [2.75, 3.05) is 52.4 Å². The Balaban J connectivity index is 0.000000173. The van der Waals surface area contributed by atoms with Crippen LogP contribution in [0.4, 0.5) is 9.59 Å². The van der Waals surface area contributed by atoms with E-state index in [2.05, 4.69) is 55.0 Å². The number of hydrogen-bond donors (Lipinski definition) is 2. The molecule has 0 radical (unpaired) electrons. The number of fused-ring (bicyclic) bond motifs is 2. The van der Waals surface area contributed by atoms with E-state index in [1.165, 1.54) is 32.1 Å². The molecule has 2 saturated carbocycles. The molecule has 13 heteroatoms. The lowest BCUT2D eigenvalue weighted by Gasteiger charge is -2.45. The van der Waals surface area contributed by atoms with Crippen LogP contribution in [0.1, 0.15) is 158 Å². The highest BCUT2D eigenvalue weighted by Gasteiger charge is 2.46. The van der Waals surface area contributed by atoms with Gasteiger partial charge in [-0.1, -0.05) is 64.5 Å². The maximum absolute atomic E-state index is 13.0. The number of nitrogens with one attached hydrogen (secondary N) is 2. The maximum Gasteiger partial charge on any atom is 0.318 e. The van der Waals surface area contributed by atoms with Crippen molar-refractivity contribution in [2.24, 2.45) is 5.92 Å². The van der Waals surface area contributed by atoms with Crippen molar-refractivity contribution in [1.82, 2.24) is 40.0 Å². The van der Waals surface area contributed by atoms with E-state index in [0.29, 0.717) is 65.4 Å². The summed E-state index contributed by atoms with van der Waals surface area (Å²) in [6.45, 7) is 11.9. The minimum absolute atomic E-state index is 0.0265. The second kappa shape index (κ2) is 21.4. The third-order valence-electron chi connectivity index (χ3n) is 16.5. The molecule has 346 valence electrons. The first-order valence-corrected chi connectivity index (χ1v) is 25.5. The van der Waals surface area contributed by atoms with E-state index >= 15 is 0 Å². The van der Waals surface area contributed by atoms with Crippen LogP contribution in [0.5, 0.6) is 0 Å². The fraction of sp³-hybridized carbons (Fsp3) is 0.780. The zero-order chi connectivity index (χ0) is 43.9. The van der Waals surface area contributed by atoms with Crippen molar-refractivity contribution >= 4 is 23.9 Å². The molecule has 0 spiro atoms. The van der Waals surface area contributed by atoms with Gasteiger partial charge in [0.05, 0.1) is 41.4 Å². The highest BCUT2D eigenvalue weighted by atomic mass is 16.2. The van der Waals surface area contributed by atoms with Crippen LogP contribution in [0.25, 0.3) is 0 Å². The average molecular weight is 868 g/mol. The number of amides is 6. The van der Waals surface area contributed by atoms with E-state index in [4.69, 9.17) is 0 Å². The minimum Gasteiger partial charge on any atom is -0.342 e. The van der Waals surface area contributed by atoms with Crippen LogP contribution < -0.4 is 10.6 Å². The van der Waals surface area contributed by atoms with Gasteiger partial charge in [-0.25, -0.2) is 9.59 Å². The number of hydrogen-bond acceptors (Lipinski definition) is 7. The van der Waals surface area contributed by atoms with E-state index in [9.17, 15) is 24.4 Å². The second-order valence-electron chi connectivity index (χ2n) is 20.2. The van der Waals surface area contributed by atoms with Gasteiger partial charge < -0.3 is 40.0 Å². The first-order valence-electron chi connectivity index (χ1n) is 25.5. The molecule has 8 aliphatic rings. The normalized spacial score (nSPS) is 28.2. The molecule has 8 fully saturated rings. The lowest BCUT2D eigenvalue weighted by Crippen LogP contribution is -2.54. The molecule has 1 aromatic carbocycles. The smallest absolute Gasteiger partial charge is 0.318 e. The predicted molar refractivity (Wildman–Crippen MR) is 245 cm³/mol. The van der Waals surface area contributed by atoms with E-state index in [1.54, 1.807) is 18.2 Å². The number of likely N-dealkylation sites (tertiary alicyclic amines) is 4. The van der Waals surface area contributed by atoms with Crippen LogP contribution in [-0.4, -0.2) is 154 Å². The highest BCUT2D eigenvalue weighted by molar-refractivity contribution is 5.96. The van der Waals surface area contributed by atoms with Gasteiger partial charge in [-0.3, -0.25) is 9.59 Å². The Hall–Kier alpha value is -3.89. The number of rotatable bonds is 10. The van der Waals surface area contributed by atoms with E-state index in [-0.39, 0.29) is 23.9 Å². The van der Waals surface area contributed by atoms with Gasteiger partial charge in [0.15, 0.2) is 0 Å². The third kappa shape index (κ3) is 10.3. The summed E-state index contributed by atoms with van der Waals surface area (Å²) in [5.41, 5.74) is 0.965. The van der Waals surface area contributed by atoms with E-state index < -0.39 is 0 Å². The standard InChI is InChI=1S/C25H33N5O2.C25H44N4O2/c26-17-18-5-1-2-6-21(18)24(31)29-15-9-19(10-16-29)28-13-11-20(12-14-28)30-23-8-4-3-7-22(23)27-25(30)32;1-3-7-19(8-4-2)24(30)28-17-11-20(12-18-28)27-15-13-21(14-16-27)29-23-10-6-5-9-22(23)26-25(29)31/h1-2,5-6,19-20,22-23H,3-4,7-16H2,(H,27,32);19-23H,3-18H2,1-2H3,(H,26,31)/t2*22-,23-/m00/s1. The number of benzene rings is 1. The maximum atomic E-state index is 13.0. The van der Waals surface area contributed by atoms with Crippen molar-refractivity contribution in [3.05, 3.63) is 35.4 Å².